The molecule has 0 fully saturated rings. The fourth-order valence-corrected chi connectivity index (χ4v) is 2.94. The van der Waals surface area contributed by atoms with Crippen LogP contribution in [0.15, 0.2) is 41.7 Å². The van der Waals surface area contributed by atoms with Gasteiger partial charge in [0.05, 0.1) is 5.56 Å². The molecule has 0 aliphatic carbocycles. The first-order valence-corrected chi connectivity index (χ1v) is 9.01. The Hall–Kier alpha value is -3.33. The summed E-state index contributed by atoms with van der Waals surface area (Å²) in [6, 6.07) is 9.24. The average Bonchev–Trinajstić information content (AvgIpc) is 2.65. The molecule has 2 aromatic rings. The number of ether oxygens (including phenoxy) is 1. The van der Waals surface area contributed by atoms with Crippen molar-refractivity contribution in [3.8, 4) is 17.7 Å². The SMILES string of the molecule is C=CCn1c(O)c(C(=O)C(C)Oc2ccc(C(C)C)cc2)c(C)c(C#N)c1=O. The number of hydrogen-bond acceptors (Lipinski definition) is 5. The molecular formula is C22H24N2O4. The normalized spacial score (nSPS) is 11.7. The molecule has 0 spiro atoms. The molecule has 2 rings (SSSR count). The number of carbonyl (C=O) groups is 1. The molecule has 0 aliphatic heterocycles. The van der Waals surface area contributed by atoms with Crippen LogP contribution in [0.4, 0.5) is 0 Å². The summed E-state index contributed by atoms with van der Waals surface area (Å²) in [5.41, 5.74) is 0.350. The highest BCUT2D eigenvalue weighted by Gasteiger charge is 2.27. The number of allylic oxidation sites excluding steroid dienone is 1. The van der Waals surface area contributed by atoms with Crippen molar-refractivity contribution in [2.24, 2.45) is 0 Å². The molecule has 0 saturated carbocycles. The van der Waals surface area contributed by atoms with E-state index in [9.17, 15) is 20.0 Å². The second kappa shape index (κ2) is 8.57. The highest BCUT2D eigenvalue weighted by atomic mass is 16.5. The monoisotopic (exact) mass is 380 g/mol. The van der Waals surface area contributed by atoms with Gasteiger partial charge >= 0.3 is 0 Å². The Morgan fingerprint density at radius 3 is 2.43 bits per heavy atom. The number of nitriles is 1. The van der Waals surface area contributed by atoms with Crippen molar-refractivity contribution in [2.75, 3.05) is 0 Å². The van der Waals surface area contributed by atoms with Crippen LogP contribution in [0.1, 0.15) is 53.7 Å². The van der Waals surface area contributed by atoms with Gasteiger partial charge in [-0.1, -0.05) is 32.1 Å². The molecule has 0 amide bonds. The quantitative estimate of drug-likeness (QED) is 0.584. The van der Waals surface area contributed by atoms with Gasteiger partial charge in [-0.25, -0.2) is 0 Å². The Bertz CT molecular complexity index is 995. The van der Waals surface area contributed by atoms with Gasteiger partial charge in [0.2, 0.25) is 11.7 Å². The molecule has 6 heteroatoms. The number of Topliss-reactive ketones (excluding diaryl/α,β-unsaturated/α-hetero) is 1. The van der Waals surface area contributed by atoms with Gasteiger partial charge in [0.25, 0.3) is 5.56 Å². The van der Waals surface area contributed by atoms with E-state index < -0.39 is 23.3 Å². The number of carbonyl (C=O) groups excluding carboxylic acids is 1. The zero-order chi connectivity index (χ0) is 21.0. The van der Waals surface area contributed by atoms with Crippen LogP contribution in [0.5, 0.6) is 11.6 Å². The minimum absolute atomic E-state index is 0.0220. The summed E-state index contributed by atoms with van der Waals surface area (Å²) in [6.45, 7) is 10.7. The molecule has 1 heterocycles. The second-order valence-electron chi connectivity index (χ2n) is 6.86. The van der Waals surface area contributed by atoms with Crippen molar-refractivity contribution >= 4 is 5.78 Å². The van der Waals surface area contributed by atoms with Crippen molar-refractivity contribution in [1.82, 2.24) is 4.57 Å². The van der Waals surface area contributed by atoms with Gasteiger partial charge in [0, 0.05) is 6.54 Å². The first-order chi connectivity index (χ1) is 13.2. The second-order valence-corrected chi connectivity index (χ2v) is 6.86. The molecule has 0 radical (unpaired) electrons. The molecule has 0 saturated heterocycles. The molecule has 6 nitrogen and oxygen atoms in total. The van der Waals surface area contributed by atoms with E-state index in [1.165, 1.54) is 13.0 Å². The minimum Gasteiger partial charge on any atom is -0.494 e. The van der Waals surface area contributed by atoms with Crippen molar-refractivity contribution in [2.45, 2.75) is 46.3 Å². The van der Waals surface area contributed by atoms with Crippen molar-refractivity contribution in [3.05, 3.63) is 69.5 Å². The minimum atomic E-state index is -0.921. The third-order valence-corrected chi connectivity index (χ3v) is 4.59. The number of pyridine rings is 1. The van der Waals surface area contributed by atoms with Gasteiger partial charge in [-0.15, -0.1) is 6.58 Å². The highest BCUT2D eigenvalue weighted by molar-refractivity contribution is 6.03. The van der Waals surface area contributed by atoms with Gasteiger partial charge in [0.1, 0.15) is 17.4 Å². The van der Waals surface area contributed by atoms with Crippen LogP contribution in [0, 0.1) is 18.3 Å². The molecular weight excluding hydrogens is 356 g/mol. The summed E-state index contributed by atoms with van der Waals surface area (Å²) < 4.78 is 6.68. The van der Waals surface area contributed by atoms with E-state index in [0.717, 1.165) is 10.1 Å². The van der Waals surface area contributed by atoms with Crippen LogP contribution in [0.2, 0.25) is 0 Å². The predicted octanol–water partition coefficient (Wildman–Crippen LogP) is 3.69. The Labute approximate surface area is 164 Å². The predicted molar refractivity (Wildman–Crippen MR) is 107 cm³/mol. The topological polar surface area (TPSA) is 92.3 Å². The number of nitrogens with zero attached hydrogens (tertiary/aromatic N) is 2. The molecule has 0 bridgehead atoms. The zero-order valence-electron chi connectivity index (χ0n) is 16.5. The van der Waals surface area contributed by atoms with E-state index >= 15 is 0 Å². The number of aromatic hydroxyl groups is 1. The van der Waals surface area contributed by atoms with Crippen LogP contribution < -0.4 is 10.3 Å². The fourth-order valence-electron chi connectivity index (χ4n) is 2.94. The summed E-state index contributed by atoms with van der Waals surface area (Å²) >= 11 is 0. The largest absolute Gasteiger partial charge is 0.494 e. The van der Waals surface area contributed by atoms with Gasteiger partial charge < -0.3 is 9.84 Å². The standard InChI is InChI=1S/C22H24N2O4/c1-6-11-24-21(26)18(12-23)14(4)19(22(24)27)20(25)15(5)28-17-9-7-16(8-10-17)13(2)3/h6-10,13,15,27H,1,11H2,2-5H3. The highest BCUT2D eigenvalue weighted by Crippen LogP contribution is 2.25. The van der Waals surface area contributed by atoms with Gasteiger partial charge in [0.15, 0.2) is 6.10 Å². The number of benzene rings is 1. The van der Waals surface area contributed by atoms with E-state index in [-0.39, 0.29) is 23.2 Å². The van der Waals surface area contributed by atoms with Crippen molar-refractivity contribution in [3.63, 3.8) is 0 Å². The Kier molecular flexibility index (Phi) is 6.42. The van der Waals surface area contributed by atoms with Crippen molar-refractivity contribution < 1.29 is 14.6 Å². The van der Waals surface area contributed by atoms with E-state index in [4.69, 9.17) is 4.74 Å². The van der Waals surface area contributed by atoms with Crippen LogP contribution >= 0.6 is 0 Å². The third-order valence-electron chi connectivity index (χ3n) is 4.59. The lowest BCUT2D eigenvalue weighted by molar-refractivity contribution is 0.0812. The molecule has 146 valence electrons. The van der Waals surface area contributed by atoms with Crippen LogP contribution in [-0.4, -0.2) is 21.6 Å². The first kappa shape index (κ1) is 21.0. The summed E-state index contributed by atoms with van der Waals surface area (Å²) in [7, 11) is 0. The maximum atomic E-state index is 13.0. The number of aromatic nitrogens is 1. The molecule has 1 atom stereocenters. The van der Waals surface area contributed by atoms with E-state index in [1.54, 1.807) is 19.1 Å². The van der Waals surface area contributed by atoms with E-state index in [1.807, 2.05) is 18.2 Å². The lowest BCUT2D eigenvalue weighted by Crippen LogP contribution is -2.30. The summed E-state index contributed by atoms with van der Waals surface area (Å²) in [5.74, 6) is -0.111. The number of hydrogen-bond donors (Lipinski definition) is 1. The summed E-state index contributed by atoms with van der Waals surface area (Å²) in [4.78, 5) is 25.3. The number of rotatable bonds is 7. The first-order valence-electron chi connectivity index (χ1n) is 9.01. The van der Waals surface area contributed by atoms with Gasteiger partial charge in [-0.2, -0.15) is 5.26 Å². The van der Waals surface area contributed by atoms with Crippen LogP contribution in [0.3, 0.4) is 0 Å². The van der Waals surface area contributed by atoms with Gasteiger partial charge in [-0.3, -0.25) is 14.2 Å². The zero-order valence-corrected chi connectivity index (χ0v) is 16.5. The van der Waals surface area contributed by atoms with Crippen LogP contribution in [-0.2, 0) is 6.54 Å². The summed E-state index contributed by atoms with van der Waals surface area (Å²) in [6.07, 6.45) is 0.484. The maximum absolute atomic E-state index is 13.0. The number of ketones is 1. The Balaban J connectivity index is 2.42. The van der Waals surface area contributed by atoms with Crippen molar-refractivity contribution in [1.29, 1.82) is 5.26 Å². The smallest absolute Gasteiger partial charge is 0.271 e. The van der Waals surface area contributed by atoms with Crippen LogP contribution in [0.25, 0.3) is 0 Å². The molecule has 28 heavy (non-hydrogen) atoms. The Morgan fingerprint density at radius 1 is 1.32 bits per heavy atom. The lowest BCUT2D eigenvalue weighted by atomic mass is 9.99. The molecule has 1 N–H and O–H groups in total. The molecule has 1 unspecified atom stereocenters. The molecule has 1 aromatic carbocycles. The average molecular weight is 380 g/mol. The lowest BCUT2D eigenvalue weighted by Gasteiger charge is -2.18. The Morgan fingerprint density at radius 2 is 1.93 bits per heavy atom. The van der Waals surface area contributed by atoms with E-state index in [0.29, 0.717) is 11.7 Å². The van der Waals surface area contributed by atoms with E-state index in [2.05, 4.69) is 20.4 Å². The summed E-state index contributed by atoms with van der Waals surface area (Å²) in [5, 5.41) is 19.8. The fraction of sp³-hybridized carbons (Fsp3) is 0.318. The van der Waals surface area contributed by atoms with Gasteiger partial charge in [-0.05, 0) is 43.0 Å². The third kappa shape index (κ3) is 3.99. The molecule has 0 aliphatic rings. The maximum Gasteiger partial charge on any atom is 0.271 e. The molecule has 1 aromatic heterocycles.